The van der Waals surface area contributed by atoms with Crippen LogP contribution in [0.3, 0.4) is 0 Å². The number of imidazole rings is 1. The summed E-state index contributed by atoms with van der Waals surface area (Å²) in [5.41, 5.74) is 4.36. The molecule has 3 aromatic rings. The summed E-state index contributed by atoms with van der Waals surface area (Å²) in [5, 5.41) is 4.70. The second-order valence-corrected chi connectivity index (χ2v) is 7.43. The Morgan fingerprint density at radius 3 is 2.85 bits per heavy atom. The molecule has 1 N–H and O–H groups in total. The van der Waals surface area contributed by atoms with Crippen molar-refractivity contribution in [1.82, 2.24) is 24.6 Å². The molecule has 1 aliphatic rings. The second kappa shape index (κ2) is 6.43. The molecule has 4 rings (SSSR count). The lowest BCUT2D eigenvalue weighted by Crippen LogP contribution is -2.40. The maximum absolute atomic E-state index is 13.0. The number of carbonyl (C=O) groups is 1. The molecular weight excluding hydrogens is 350 g/mol. The highest BCUT2D eigenvalue weighted by atomic mass is 35.5. The predicted molar refractivity (Wildman–Crippen MR) is 102 cm³/mol. The van der Waals surface area contributed by atoms with Crippen LogP contribution in [-0.4, -0.2) is 43.6 Å². The number of piperidine rings is 1. The van der Waals surface area contributed by atoms with Crippen LogP contribution in [0.1, 0.15) is 46.3 Å². The number of aromatic nitrogens is 4. The third-order valence-corrected chi connectivity index (χ3v) is 5.63. The third kappa shape index (κ3) is 2.78. The number of nitrogens with zero attached hydrogens (tertiary/aromatic N) is 4. The second-order valence-electron chi connectivity index (χ2n) is 7.06. The topological polar surface area (TPSA) is 66.8 Å². The molecule has 1 atom stereocenters. The van der Waals surface area contributed by atoms with Crippen LogP contribution in [0.4, 0.5) is 0 Å². The van der Waals surface area contributed by atoms with E-state index in [9.17, 15) is 4.79 Å². The molecule has 6 nitrogen and oxygen atoms in total. The monoisotopic (exact) mass is 371 g/mol. The first kappa shape index (κ1) is 17.1. The molecule has 0 spiro atoms. The van der Waals surface area contributed by atoms with Gasteiger partial charge in [0.25, 0.3) is 5.91 Å². The smallest absolute Gasteiger partial charge is 0.273 e. The molecule has 1 amide bonds. The lowest BCUT2D eigenvalue weighted by molar-refractivity contribution is 0.0694. The largest absolute Gasteiger partial charge is 0.342 e. The highest BCUT2D eigenvalue weighted by molar-refractivity contribution is 6.34. The number of H-pyrrole nitrogens is 1. The molecule has 0 saturated carbocycles. The lowest BCUT2D eigenvalue weighted by Gasteiger charge is -2.31. The molecule has 0 unspecified atom stereocenters. The number of para-hydroxylation sites is 1. The van der Waals surface area contributed by atoms with E-state index < -0.39 is 0 Å². The van der Waals surface area contributed by atoms with Crippen LogP contribution in [-0.2, 0) is 7.05 Å². The number of carbonyl (C=O) groups excluding carboxylic acids is 1. The minimum Gasteiger partial charge on any atom is -0.342 e. The Morgan fingerprint density at radius 1 is 1.35 bits per heavy atom. The highest BCUT2D eigenvalue weighted by Gasteiger charge is 2.30. The van der Waals surface area contributed by atoms with Crippen molar-refractivity contribution in [3.8, 4) is 0 Å². The van der Waals surface area contributed by atoms with Gasteiger partial charge in [-0.3, -0.25) is 9.48 Å². The summed E-state index contributed by atoms with van der Waals surface area (Å²) in [6, 6.07) is 6.14. The Balaban J connectivity index is 1.60. The Kier molecular flexibility index (Phi) is 4.23. The highest BCUT2D eigenvalue weighted by Crippen LogP contribution is 2.29. The van der Waals surface area contributed by atoms with Crippen molar-refractivity contribution in [3.05, 3.63) is 46.0 Å². The number of amides is 1. The van der Waals surface area contributed by atoms with E-state index in [1.807, 2.05) is 24.0 Å². The minimum atomic E-state index is -0.0601. The number of hydrogen-bond acceptors (Lipinski definition) is 3. The first-order chi connectivity index (χ1) is 12.5. The average molecular weight is 372 g/mol. The van der Waals surface area contributed by atoms with Crippen molar-refractivity contribution in [2.75, 3.05) is 13.1 Å². The quantitative estimate of drug-likeness (QED) is 0.748. The van der Waals surface area contributed by atoms with E-state index in [4.69, 9.17) is 16.6 Å². The molecule has 1 aromatic carbocycles. The Labute approximate surface area is 157 Å². The molecule has 3 heterocycles. The van der Waals surface area contributed by atoms with E-state index in [0.717, 1.165) is 41.8 Å². The van der Waals surface area contributed by atoms with Crippen LogP contribution in [0.25, 0.3) is 11.0 Å². The van der Waals surface area contributed by atoms with E-state index in [1.54, 1.807) is 11.7 Å². The number of nitrogens with one attached hydrogen (secondary N) is 1. The number of likely N-dealkylation sites (tertiary alicyclic amines) is 1. The summed E-state index contributed by atoms with van der Waals surface area (Å²) in [5.74, 6) is 1.10. The van der Waals surface area contributed by atoms with Crippen LogP contribution in [0, 0.1) is 13.8 Å². The standard InChI is InChI=1S/C19H22ClN5O/c1-11-6-4-8-14-16(11)22-18(21-14)13-7-5-9-25(10-13)19(26)17-15(20)12(2)23-24(17)3/h4,6,8,13H,5,7,9-10H2,1-3H3,(H,21,22)/t13-/m0/s1. The predicted octanol–water partition coefficient (Wildman–Crippen LogP) is 3.59. The van der Waals surface area contributed by atoms with Crippen molar-refractivity contribution >= 4 is 28.5 Å². The summed E-state index contributed by atoms with van der Waals surface area (Å²) < 4.78 is 1.58. The fourth-order valence-corrected chi connectivity index (χ4v) is 4.03. The van der Waals surface area contributed by atoms with Crippen LogP contribution in [0.2, 0.25) is 5.02 Å². The van der Waals surface area contributed by atoms with Crippen molar-refractivity contribution in [3.63, 3.8) is 0 Å². The molecule has 0 aliphatic carbocycles. The van der Waals surface area contributed by atoms with Gasteiger partial charge in [-0.25, -0.2) is 4.98 Å². The zero-order chi connectivity index (χ0) is 18.4. The van der Waals surface area contributed by atoms with Crippen molar-refractivity contribution in [1.29, 1.82) is 0 Å². The third-order valence-electron chi connectivity index (χ3n) is 5.18. The number of fused-ring (bicyclic) bond motifs is 1. The SMILES string of the molecule is Cc1nn(C)c(C(=O)N2CCC[C@H](c3nc4c(C)cccc4[nH]3)C2)c1Cl. The molecule has 0 radical (unpaired) electrons. The Morgan fingerprint density at radius 2 is 2.15 bits per heavy atom. The zero-order valence-electron chi connectivity index (χ0n) is 15.2. The maximum atomic E-state index is 13.0. The number of benzene rings is 1. The average Bonchev–Trinajstić information content (AvgIpc) is 3.17. The van der Waals surface area contributed by atoms with Gasteiger partial charge in [-0.2, -0.15) is 5.10 Å². The normalized spacial score (nSPS) is 17.8. The number of halogens is 1. The van der Waals surface area contributed by atoms with Gasteiger partial charge < -0.3 is 9.88 Å². The number of aromatic amines is 1. The number of hydrogen-bond donors (Lipinski definition) is 1. The van der Waals surface area contributed by atoms with Gasteiger partial charge in [0.2, 0.25) is 0 Å². The van der Waals surface area contributed by atoms with Gasteiger partial charge in [-0.05, 0) is 38.3 Å². The first-order valence-electron chi connectivity index (χ1n) is 8.89. The van der Waals surface area contributed by atoms with E-state index in [-0.39, 0.29) is 11.8 Å². The van der Waals surface area contributed by atoms with Gasteiger partial charge in [-0.1, -0.05) is 23.7 Å². The van der Waals surface area contributed by atoms with Crippen molar-refractivity contribution < 1.29 is 4.79 Å². The van der Waals surface area contributed by atoms with Crippen LogP contribution < -0.4 is 0 Å². The van der Waals surface area contributed by atoms with E-state index >= 15 is 0 Å². The summed E-state index contributed by atoms with van der Waals surface area (Å²) in [6.45, 7) is 5.25. The van der Waals surface area contributed by atoms with E-state index in [0.29, 0.717) is 23.0 Å². The fourth-order valence-electron chi connectivity index (χ4n) is 3.79. The van der Waals surface area contributed by atoms with Gasteiger partial charge in [-0.15, -0.1) is 0 Å². The molecular formula is C19H22ClN5O. The molecule has 1 saturated heterocycles. The van der Waals surface area contributed by atoms with E-state index in [1.165, 1.54) is 0 Å². The minimum absolute atomic E-state index is 0.0601. The lowest BCUT2D eigenvalue weighted by atomic mass is 9.97. The van der Waals surface area contributed by atoms with Crippen LogP contribution in [0.5, 0.6) is 0 Å². The molecule has 2 aromatic heterocycles. The molecule has 0 bridgehead atoms. The summed E-state index contributed by atoms with van der Waals surface area (Å²) in [4.78, 5) is 23.1. The van der Waals surface area contributed by atoms with Crippen LogP contribution >= 0.6 is 11.6 Å². The van der Waals surface area contributed by atoms with E-state index in [2.05, 4.69) is 23.1 Å². The Bertz CT molecular complexity index is 989. The van der Waals surface area contributed by atoms with Gasteiger partial charge >= 0.3 is 0 Å². The maximum Gasteiger partial charge on any atom is 0.273 e. The Hall–Kier alpha value is -2.34. The molecule has 26 heavy (non-hydrogen) atoms. The molecule has 136 valence electrons. The summed E-state index contributed by atoms with van der Waals surface area (Å²) in [7, 11) is 1.76. The number of rotatable bonds is 2. The van der Waals surface area contributed by atoms with Crippen LogP contribution in [0.15, 0.2) is 18.2 Å². The van der Waals surface area contributed by atoms with Crippen molar-refractivity contribution in [2.45, 2.75) is 32.6 Å². The first-order valence-corrected chi connectivity index (χ1v) is 9.27. The summed E-state index contributed by atoms with van der Waals surface area (Å²) in [6.07, 6.45) is 1.96. The zero-order valence-corrected chi connectivity index (χ0v) is 16.0. The van der Waals surface area contributed by atoms with Gasteiger partial charge in [0.1, 0.15) is 11.5 Å². The van der Waals surface area contributed by atoms with Crippen molar-refractivity contribution in [2.24, 2.45) is 7.05 Å². The fraction of sp³-hybridized carbons (Fsp3) is 0.421. The molecule has 1 aliphatic heterocycles. The van der Waals surface area contributed by atoms with Gasteiger partial charge in [0.05, 0.1) is 21.7 Å². The molecule has 7 heteroatoms. The van der Waals surface area contributed by atoms with Gasteiger partial charge in [0.15, 0.2) is 0 Å². The molecule has 1 fully saturated rings. The van der Waals surface area contributed by atoms with Gasteiger partial charge in [0, 0.05) is 26.1 Å². The number of aryl methyl sites for hydroxylation is 3. The summed E-state index contributed by atoms with van der Waals surface area (Å²) >= 11 is 6.30.